The van der Waals surface area contributed by atoms with Gasteiger partial charge in [-0.05, 0) is 62.8 Å². The number of hydrogen-bond donors (Lipinski definition) is 1. The minimum absolute atomic E-state index is 0.183. The highest BCUT2D eigenvalue weighted by Gasteiger charge is 2.11. The zero-order valence-electron chi connectivity index (χ0n) is 9.38. The predicted molar refractivity (Wildman–Crippen MR) is 85.2 cm³/mol. The number of hydrogen-bond acceptors (Lipinski definition) is 1. The summed E-state index contributed by atoms with van der Waals surface area (Å²) < 4.78 is 3.73. The highest BCUT2D eigenvalue weighted by atomic mass is 127. The summed E-state index contributed by atoms with van der Waals surface area (Å²) in [6, 6.07) is 7.29. The second-order valence-electron chi connectivity index (χ2n) is 3.74. The Kier molecular flexibility index (Phi) is 4.34. The van der Waals surface area contributed by atoms with E-state index in [2.05, 4.69) is 43.8 Å². The summed E-state index contributed by atoms with van der Waals surface area (Å²) >= 11 is 11.5. The van der Waals surface area contributed by atoms with Crippen LogP contribution in [0.15, 0.2) is 34.9 Å². The Bertz CT molecular complexity index is 612. The first-order valence-corrected chi connectivity index (χ1v) is 7.30. The Balaban J connectivity index is 2.21. The second-order valence-corrected chi connectivity index (χ2v) is 6.19. The number of nitrogens with zero attached hydrogens (tertiary/aromatic N) is 1. The Morgan fingerprint density at radius 2 is 2.17 bits per heavy atom. The summed E-state index contributed by atoms with van der Waals surface area (Å²) in [5.74, 6) is -0.183. The molecule has 0 saturated carbocycles. The van der Waals surface area contributed by atoms with Crippen LogP contribution in [-0.4, -0.2) is 10.5 Å². The van der Waals surface area contributed by atoms with Gasteiger partial charge < -0.3 is 9.88 Å². The lowest BCUT2D eigenvalue weighted by Gasteiger charge is -2.07. The van der Waals surface area contributed by atoms with Crippen LogP contribution in [0.5, 0.6) is 0 Å². The molecule has 2 aromatic rings. The number of benzene rings is 1. The van der Waals surface area contributed by atoms with Crippen molar-refractivity contribution in [2.24, 2.45) is 7.05 Å². The predicted octanol–water partition coefficient (Wildman–Crippen LogP) is 4.30. The number of aromatic nitrogens is 1. The Morgan fingerprint density at radius 3 is 2.72 bits per heavy atom. The molecule has 0 aliphatic rings. The number of aryl methyl sites for hydroxylation is 1. The fraction of sp³-hybridized carbons (Fsp3) is 0.0833. The van der Waals surface area contributed by atoms with E-state index in [1.165, 1.54) is 0 Å². The highest BCUT2D eigenvalue weighted by Crippen LogP contribution is 2.23. The van der Waals surface area contributed by atoms with Crippen LogP contribution in [-0.2, 0) is 7.05 Å². The average molecular weight is 439 g/mol. The first-order valence-electron chi connectivity index (χ1n) is 5.05. The average Bonchev–Trinajstić information content (AvgIpc) is 2.63. The van der Waals surface area contributed by atoms with E-state index in [0.717, 1.165) is 13.7 Å². The number of halogens is 3. The first-order chi connectivity index (χ1) is 8.47. The molecule has 0 aliphatic carbocycles. The standard InChI is InChI=1S/C12H9BrClIN2O/c1-17-6-7(14)4-11(17)12(18)16-8-2-3-10(15)9(13)5-8/h2-6H,1H3,(H,16,18). The maximum atomic E-state index is 12.0. The molecule has 18 heavy (non-hydrogen) atoms. The van der Waals surface area contributed by atoms with E-state index < -0.39 is 0 Å². The van der Waals surface area contributed by atoms with Gasteiger partial charge in [-0.15, -0.1) is 0 Å². The SMILES string of the molecule is Cn1cc(Cl)cc1C(=O)Nc1ccc(I)c(Br)c1. The molecule has 0 bridgehead atoms. The monoisotopic (exact) mass is 438 g/mol. The fourth-order valence-electron chi connectivity index (χ4n) is 1.52. The number of carbonyl (C=O) groups is 1. The maximum Gasteiger partial charge on any atom is 0.272 e. The minimum Gasteiger partial charge on any atom is -0.345 e. The van der Waals surface area contributed by atoms with Crippen LogP contribution in [0.2, 0.25) is 5.02 Å². The van der Waals surface area contributed by atoms with Gasteiger partial charge in [-0.25, -0.2) is 0 Å². The summed E-state index contributed by atoms with van der Waals surface area (Å²) in [7, 11) is 1.78. The van der Waals surface area contributed by atoms with Gasteiger partial charge in [0.15, 0.2) is 0 Å². The molecule has 3 nitrogen and oxygen atoms in total. The molecular weight excluding hydrogens is 430 g/mol. The molecule has 0 spiro atoms. The maximum absolute atomic E-state index is 12.0. The number of rotatable bonds is 2. The molecule has 0 saturated heterocycles. The zero-order valence-corrected chi connectivity index (χ0v) is 13.9. The third-order valence-corrected chi connectivity index (χ3v) is 4.93. The second kappa shape index (κ2) is 5.63. The van der Waals surface area contributed by atoms with Gasteiger partial charge in [0.05, 0.1) is 5.02 Å². The van der Waals surface area contributed by atoms with E-state index in [-0.39, 0.29) is 5.91 Å². The third kappa shape index (κ3) is 3.07. The van der Waals surface area contributed by atoms with Crippen molar-refractivity contribution >= 4 is 61.7 Å². The van der Waals surface area contributed by atoms with Crippen molar-refractivity contribution in [2.45, 2.75) is 0 Å². The molecule has 0 radical (unpaired) electrons. The van der Waals surface area contributed by atoms with Gasteiger partial charge in [-0.1, -0.05) is 11.6 Å². The summed E-state index contributed by atoms with van der Waals surface area (Å²) in [5, 5.41) is 3.38. The van der Waals surface area contributed by atoms with Gasteiger partial charge in [0.1, 0.15) is 5.69 Å². The third-order valence-electron chi connectivity index (χ3n) is 2.38. The lowest BCUT2D eigenvalue weighted by atomic mass is 10.3. The molecule has 6 heteroatoms. The van der Waals surface area contributed by atoms with Crippen molar-refractivity contribution in [3.05, 3.63) is 49.2 Å². The van der Waals surface area contributed by atoms with E-state index in [9.17, 15) is 4.79 Å². The molecule has 1 aromatic heterocycles. The summed E-state index contributed by atoms with van der Waals surface area (Å²) in [6.45, 7) is 0. The summed E-state index contributed by atoms with van der Waals surface area (Å²) in [6.07, 6.45) is 1.69. The first kappa shape index (κ1) is 13.9. The van der Waals surface area contributed by atoms with Crippen LogP contribution < -0.4 is 5.32 Å². The lowest BCUT2D eigenvalue weighted by molar-refractivity contribution is 0.101. The fourth-order valence-corrected chi connectivity index (χ4v) is 2.48. The normalized spacial score (nSPS) is 10.4. The minimum atomic E-state index is -0.183. The van der Waals surface area contributed by atoms with Crippen LogP contribution in [0.1, 0.15) is 10.5 Å². The summed E-state index contributed by atoms with van der Waals surface area (Å²) in [5.41, 5.74) is 1.26. The molecule has 1 amide bonds. The van der Waals surface area contributed by atoms with Gasteiger partial charge in [0.25, 0.3) is 5.91 Å². The quantitative estimate of drug-likeness (QED) is 0.696. The van der Waals surface area contributed by atoms with E-state index in [4.69, 9.17) is 11.6 Å². The molecule has 1 N–H and O–H groups in total. The molecule has 0 fully saturated rings. The van der Waals surface area contributed by atoms with E-state index in [1.54, 1.807) is 23.9 Å². The van der Waals surface area contributed by atoms with Crippen LogP contribution in [0.25, 0.3) is 0 Å². The smallest absolute Gasteiger partial charge is 0.272 e. The molecule has 0 aliphatic heterocycles. The topological polar surface area (TPSA) is 34.0 Å². The summed E-state index contributed by atoms with van der Waals surface area (Å²) in [4.78, 5) is 12.0. The van der Waals surface area contributed by atoms with Crippen LogP contribution in [0, 0.1) is 3.57 Å². The number of carbonyl (C=O) groups excluding carboxylic acids is 1. The van der Waals surface area contributed by atoms with Gasteiger partial charge in [0.2, 0.25) is 0 Å². The Hall–Kier alpha value is -0.530. The van der Waals surface area contributed by atoms with E-state index >= 15 is 0 Å². The van der Waals surface area contributed by atoms with Gasteiger partial charge in [-0.2, -0.15) is 0 Å². The number of amides is 1. The number of anilines is 1. The van der Waals surface area contributed by atoms with Crippen LogP contribution in [0.3, 0.4) is 0 Å². The van der Waals surface area contributed by atoms with Crippen LogP contribution in [0.4, 0.5) is 5.69 Å². The van der Waals surface area contributed by atoms with Crippen molar-refractivity contribution in [1.29, 1.82) is 0 Å². The Morgan fingerprint density at radius 1 is 1.44 bits per heavy atom. The van der Waals surface area contributed by atoms with Crippen molar-refractivity contribution < 1.29 is 4.79 Å². The van der Waals surface area contributed by atoms with E-state index in [0.29, 0.717) is 10.7 Å². The van der Waals surface area contributed by atoms with Gasteiger partial charge in [-0.3, -0.25) is 4.79 Å². The van der Waals surface area contributed by atoms with Crippen molar-refractivity contribution in [3.8, 4) is 0 Å². The molecule has 1 heterocycles. The molecule has 1 aromatic carbocycles. The molecule has 0 atom stereocenters. The molecule has 2 rings (SSSR count). The van der Waals surface area contributed by atoms with Gasteiger partial charge in [0, 0.05) is 27.0 Å². The van der Waals surface area contributed by atoms with E-state index in [1.807, 2.05) is 18.2 Å². The van der Waals surface area contributed by atoms with Crippen molar-refractivity contribution in [3.63, 3.8) is 0 Å². The number of nitrogens with one attached hydrogen (secondary N) is 1. The zero-order chi connectivity index (χ0) is 13.3. The Labute approximate surface area is 132 Å². The van der Waals surface area contributed by atoms with Gasteiger partial charge >= 0.3 is 0 Å². The highest BCUT2D eigenvalue weighted by molar-refractivity contribution is 14.1. The lowest BCUT2D eigenvalue weighted by Crippen LogP contribution is -2.15. The molecule has 0 unspecified atom stereocenters. The molecular formula is C12H9BrClIN2O. The van der Waals surface area contributed by atoms with Crippen molar-refractivity contribution in [1.82, 2.24) is 4.57 Å². The molecule has 94 valence electrons. The van der Waals surface area contributed by atoms with Crippen LogP contribution >= 0.6 is 50.1 Å². The largest absolute Gasteiger partial charge is 0.345 e. The van der Waals surface area contributed by atoms with Crippen molar-refractivity contribution in [2.75, 3.05) is 5.32 Å².